The molecule has 19 heavy (non-hydrogen) atoms. The number of rotatable bonds is 4. The molecule has 2 rings (SSSR count). The van der Waals surface area contributed by atoms with E-state index in [1.807, 2.05) is 23.1 Å². The number of para-hydroxylation sites is 1. The van der Waals surface area contributed by atoms with Crippen LogP contribution in [-0.4, -0.2) is 36.2 Å². The molecule has 1 aromatic carbocycles. The second kappa shape index (κ2) is 6.17. The summed E-state index contributed by atoms with van der Waals surface area (Å²) >= 11 is 0. The molecule has 2 atom stereocenters. The fraction of sp³-hybridized carbons (Fsp3) is 0.533. The Morgan fingerprint density at radius 2 is 2.16 bits per heavy atom. The molecule has 0 bridgehead atoms. The number of hydrogen-bond donors (Lipinski definition) is 2. The summed E-state index contributed by atoms with van der Waals surface area (Å²) in [6.45, 7) is 4.87. The maximum absolute atomic E-state index is 12.5. The molecule has 0 aliphatic carbocycles. The van der Waals surface area contributed by atoms with Gasteiger partial charge < -0.3 is 15.3 Å². The van der Waals surface area contributed by atoms with Crippen LogP contribution in [0.15, 0.2) is 24.3 Å². The zero-order valence-electron chi connectivity index (χ0n) is 11.6. The largest absolute Gasteiger partial charge is 0.396 e. The van der Waals surface area contributed by atoms with Gasteiger partial charge in [-0.25, -0.2) is 0 Å². The molecule has 1 aromatic rings. The Hall–Kier alpha value is -1.39. The fourth-order valence-electron chi connectivity index (χ4n) is 2.65. The van der Waals surface area contributed by atoms with Gasteiger partial charge in [0.2, 0.25) is 5.91 Å². The SMILES string of the molecule is CCc1ccccc1N1CC(C)NC(CCO)C1=O. The minimum absolute atomic E-state index is 0.0272. The Morgan fingerprint density at radius 1 is 1.42 bits per heavy atom. The van der Waals surface area contributed by atoms with E-state index in [0.29, 0.717) is 13.0 Å². The topological polar surface area (TPSA) is 52.6 Å². The van der Waals surface area contributed by atoms with E-state index in [4.69, 9.17) is 5.11 Å². The first-order valence-electron chi connectivity index (χ1n) is 6.93. The van der Waals surface area contributed by atoms with Gasteiger partial charge in [0.15, 0.2) is 0 Å². The highest BCUT2D eigenvalue weighted by atomic mass is 16.3. The molecule has 0 radical (unpaired) electrons. The summed E-state index contributed by atoms with van der Waals surface area (Å²) in [4.78, 5) is 14.3. The molecule has 4 nitrogen and oxygen atoms in total. The molecule has 104 valence electrons. The maximum atomic E-state index is 12.5. The van der Waals surface area contributed by atoms with Gasteiger partial charge in [-0.1, -0.05) is 25.1 Å². The smallest absolute Gasteiger partial charge is 0.244 e. The van der Waals surface area contributed by atoms with E-state index < -0.39 is 0 Å². The quantitative estimate of drug-likeness (QED) is 0.860. The number of nitrogens with zero attached hydrogens (tertiary/aromatic N) is 1. The summed E-state index contributed by atoms with van der Waals surface area (Å²) in [6, 6.07) is 8.00. The Kier molecular flexibility index (Phi) is 4.56. The average molecular weight is 262 g/mol. The highest BCUT2D eigenvalue weighted by molar-refractivity contribution is 5.98. The van der Waals surface area contributed by atoms with Crippen molar-refractivity contribution in [1.29, 1.82) is 0 Å². The number of carbonyl (C=O) groups excluding carboxylic acids is 1. The van der Waals surface area contributed by atoms with Gasteiger partial charge in [-0.15, -0.1) is 0 Å². The Labute approximate surface area is 114 Å². The lowest BCUT2D eigenvalue weighted by molar-refractivity contribution is -0.122. The van der Waals surface area contributed by atoms with Gasteiger partial charge in [0.1, 0.15) is 0 Å². The van der Waals surface area contributed by atoms with Gasteiger partial charge in [0.05, 0.1) is 6.04 Å². The lowest BCUT2D eigenvalue weighted by Crippen LogP contribution is -2.59. The second-order valence-electron chi connectivity index (χ2n) is 5.06. The maximum Gasteiger partial charge on any atom is 0.244 e. The third-order valence-electron chi connectivity index (χ3n) is 3.59. The average Bonchev–Trinajstić information content (AvgIpc) is 2.42. The Balaban J connectivity index is 2.29. The van der Waals surface area contributed by atoms with Crippen LogP contribution < -0.4 is 10.2 Å². The summed E-state index contributed by atoms with van der Waals surface area (Å²) in [6.07, 6.45) is 1.38. The molecular formula is C15H22N2O2. The van der Waals surface area contributed by atoms with Crippen LogP contribution in [0.1, 0.15) is 25.8 Å². The fourth-order valence-corrected chi connectivity index (χ4v) is 2.65. The molecule has 1 aliphatic rings. The van der Waals surface area contributed by atoms with Crippen LogP contribution >= 0.6 is 0 Å². The van der Waals surface area contributed by atoms with Crippen LogP contribution in [0, 0.1) is 0 Å². The number of carbonyl (C=O) groups is 1. The van der Waals surface area contributed by atoms with Crippen molar-refractivity contribution < 1.29 is 9.90 Å². The molecule has 0 saturated carbocycles. The number of amides is 1. The van der Waals surface area contributed by atoms with E-state index >= 15 is 0 Å². The zero-order chi connectivity index (χ0) is 13.8. The number of benzene rings is 1. The third kappa shape index (κ3) is 2.96. The minimum atomic E-state index is -0.279. The number of aryl methyl sites for hydroxylation is 1. The second-order valence-corrected chi connectivity index (χ2v) is 5.06. The molecular weight excluding hydrogens is 240 g/mol. The monoisotopic (exact) mass is 262 g/mol. The number of anilines is 1. The molecule has 4 heteroatoms. The highest BCUT2D eigenvalue weighted by Gasteiger charge is 2.32. The van der Waals surface area contributed by atoms with E-state index in [0.717, 1.165) is 12.1 Å². The molecule has 1 heterocycles. The van der Waals surface area contributed by atoms with Gasteiger partial charge in [0.25, 0.3) is 0 Å². The number of nitrogens with one attached hydrogen (secondary N) is 1. The lowest BCUT2D eigenvalue weighted by Gasteiger charge is -2.37. The van der Waals surface area contributed by atoms with Crippen molar-refractivity contribution in [3.8, 4) is 0 Å². The van der Waals surface area contributed by atoms with Crippen LogP contribution in [0.25, 0.3) is 0 Å². The number of hydrogen-bond acceptors (Lipinski definition) is 3. The normalized spacial score (nSPS) is 23.7. The third-order valence-corrected chi connectivity index (χ3v) is 3.59. The van der Waals surface area contributed by atoms with Crippen LogP contribution in [0.4, 0.5) is 5.69 Å². The van der Waals surface area contributed by atoms with Crippen molar-refractivity contribution in [2.24, 2.45) is 0 Å². The van der Waals surface area contributed by atoms with E-state index in [2.05, 4.69) is 25.2 Å². The number of aliphatic hydroxyl groups excluding tert-OH is 1. The predicted molar refractivity (Wildman–Crippen MR) is 76.3 cm³/mol. The summed E-state index contributed by atoms with van der Waals surface area (Å²) in [5, 5.41) is 12.3. The molecule has 1 saturated heterocycles. The van der Waals surface area contributed by atoms with Crippen LogP contribution in [0.5, 0.6) is 0 Å². The van der Waals surface area contributed by atoms with Crippen molar-refractivity contribution in [1.82, 2.24) is 5.32 Å². The van der Waals surface area contributed by atoms with Crippen molar-refractivity contribution in [2.75, 3.05) is 18.1 Å². The van der Waals surface area contributed by atoms with Crippen LogP contribution in [-0.2, 0) is 11.2 Å². The van der Waals surface area contributed by atoms with Gasteiger partial charge in [-0.3, -0.25) is 4.79 Å². The summed E-state index contributed by atoms with van der Waals surface area (Å²) in [7, 11) is 0. The molecule has 1 fully saturated rings. The van der Waals surface area contributed by atoms with E-state index in [9.17, 15) is 4.79 Å². The minimum Gasteiger partial charge on any atom is -0.396 e. The molecule has 1 amide bonds. The van der Waals surface area contributed by atoms with Crippen molar-refractivity contribution in [2.45, 2.75) is 38.8 Å². The van der Waals surface area contributed by atoms with Crippen LogP contribution in [0.3, 0.4) is 0 Å². The number of aliphatic hydroxyl groups is 1. The molecule has 1 aliphatic heterocycles. The van der Waals surface area contributed by atoms with E-state index in [1.54, 1.807) is 0 Å². The van der Waals surface area contributed by atoms with Crippen molar-refractivity contribution >= 4 is 11.6 Å². The first-order chi connectivity index (χ1) is 9.17. The standard InChI is InChI=1S/C15H22N2O2/c1-3-12-6-4-5-7-14(12)17-10-11(2)16-13(8-9-18)15(17)19/h4-7,11,13,16,18H,3,8-10H2,1-2H3. The number of piperazine rings is 1. The Bertz CT molecular complexity index is 448. The first-order valence-corrected chi connectivity index (χ1v) is 6.93. The lowest BCUT2D eigenvalue weighted by atomic mass is 10.0. The van der Waals surface area contributed by atoms with Crippen molar-refractivity contribution in [3.63, 3.8) is 0 Å². The molecule has 2 unspecified atom stereocenters. The zero-order valence-corrected chi connectivity index (χ0v) is 11.6. The predicted octanol–water partition coefficient (Wildman–Crippen LogP) is 1.32. The summed E-state index contributed by atoms with van der Waals surface area (Å²) in [5.74, 6) is 0.0630. The van der Waals surface area contributed by atoms with E-state index in [-0.39, 0.29) is 24.6 Å². The summed E-state index contributed by atoms with van der Waals surface area (Å²) in [5.41, 5.74) is 2.19. The highest BCUT2D eigenvalue weighted by Crippen LogP contribution is 2.24. The van der Waals surface area contributed by atoms with Gasteiger partial charge in [-0.2, -0.15) is 0 Å². The van der Waals surface area contributed by atoms with Crippen LogP contribution in [0.2, 0.25) is 0 Å². The Morgan fingerprint density at radius 3 is 2.84 bits per heavy atom. The van der Waals surface area contributed by atoms with E-state index in [1.165, 1.54) is 5.56 Å². The van der Waals surface area contributed by atoms with Gasteiger partial charge in [-0.05, 0) is 31.4 Å². The van der Waals surface area contributed by atoms with Gasteiger partial charge in [0, 0.05) is 24.9 Å². The van der Waals surface area contributed by atoms with Gasteiger partial charge >= 0.3 is 0 Å². The molecule has 0 aromatic heterocycles. The molecule has 2 N–H and O–H groups in total. The first kappa shape index (κ1) is 14.0. The molecule has 0 spiro atoms. The van der Waals surface area contributed by atoms with Crippen molar-refractivity contribution in [3.05, 3.63) is 29.8 Å². The summed E-state index contributed by atoms with van der Waals surface area (Å²) < 4.78 is 0.